The quantitative estimate of drug-likeness (QED) is 0.447. The van der Waals surface area contributed by atoms with Crippen LogP contribution >= 0.6 is 0 Å². The molecule has 0 aromatic heterocycles. The number of esters is 2. The van der Waals surface area contributed by atoms with Crippen LogP contribution in [0.25, 0.3) is 0 Å². The summed E-state index contributed by atoms with van der Waals surface area (Å²) in [5.41, 5.74) is 0. The Morgan fingerprint density at radius 3 is 1.64 bits per heavy atom. The average Bonchev–Trinajstić information content (AvgIpc) is 2.82. The highest BCUT2D eigenvalue weighted by molar-refractivity contribution is 5.96. The first-order chi connectivity index (χ1) is 15.9. The molecule has 0 N–H and O–H groups in total. The molecule has 1 saturated heterocycles. The fourth-order valence-electron chi connectivity index (χ4n) is 4.74. The highest BCUT2D eigenvalue weighted by Crippen LogP contribution is 2.21. The van der Waals surface area contributed by atoms with Crippen LogP contribution in [-0.4, -0.2) is 71.4 Å². The molecule has 33 heavy (non-hydrogen) atoms. The highest BCUT2D eigenvalue weighted by Gasteiger charge is 2.28. The fraction of sp³-hybridized carbons (Fsp3) is 0.680. The number of nitrogens with zero attached hydrogens (tertiary/aromatic N) is 2. The SMILES string of the molecule is C[C@@H]1CN(C(=O)/C=C/C(=O)OC2CCCCC2)CCN1C(=O)/C=C\C(=O)OC1CCCCC1. The zero-order valence-electron chi connectivity index (χ0n) is 19.6. The largest absolute Gasteiger partial charge is 0.459 e. The Hall–Kier alpha value is -2.64. The maximum absolute atomic E-state index is 12.5. The van der Waals surface area contributed by atoms with Gasteiger partial charge in [0.05, 0.1) is 0 Å². The van der Waals surface area contributed by atoms with E-state index in [1.165, 1.54) is 37.1 Å². The predicted molar refractivity (Wildman–Crippen MR) is 122 cm³/mol. The average molecular weight is 461 g/mol. The molecule has 0 aromatic carbocycles. The van der Waals surface area contributed by atoms with Gasteiger partial charge in [-0.15, -0.1) is 0 Å². The van der Waals surface area contributed by atoms with Gasteiger partial charge in [-0.1, -0.05) is 12.8 Å². The zero-order valence-corrected chi connectivity index (χ0v) is 19.6. The van der Waals surface area contributed by atoms with Gasteiger partial charge < -0.3 is 19.3 Å². The van der Waals surface area contributed by atoms with Crippen molar-refractivity contribution in [1.29, 1.82) is 0 Å². The highest BCUT2D eigenvalue weighted by atomic mass is 16.5. The lowest BCUT2D eigenvalue weighted by Gasteiger charge is -2.39. The molecule has 1 heterocycles. The lowest BCUT2D eigenvalue weighted by atomic mass is 9.98. The Bertz CT molecular complexity index is 765. The Morgan fingerprint density at radius 1 is 0.667 bits per heavy atom. The summed E-state index contributed by atoms with van der Waals surface area (Å²) < 4.78 is 10.8. The summed E-state index contributed by atoms with van der Waals surface area (Å²) in [6, 6.07) is -0.211. The van der Waals surface area contributed by atoms with E-state index >= 15 is 0 Å². The van der Waals surface area contributed by atoms with E-state index in [0.29, 0.717) is 19.6 Å². The summed E-state index contributed by atoms with van der Waals surface area (Å²) >= 11 is 0. The standard InChI is InChI=1S/C25H36N2O6/c1-19-18-26(22(28)12-14-24(30)32-20-8-4-2-5-9-20)16-17-27(19)23(29)13-15-25(31)33-21-10-6-3-7-11-21/h12-15,19-21H,2-11,16-18H2,1H3/b14-12+,15-13-/t19-/m1/s1. The van der Waals surface area contributed by atoms with Gasteiger partial charge in [0.25, 0.3) is 0 Å². The first-order valence-electron chi connectivity index (χ1n) is 12.3. The number of amides is 2. The van der Waals surface area contributed by atoms with Crippen LogP contribution < -0.4 is 0 Å². The summed E-state index contributed by atoms with van der Waals surface area (Å²) in [7, 11) is 0. The first kappa shape index (κ1) is 25.0. The number of hydrogen-bond donors (Lipinski definition) is 0. The van der Waals surface area contributed by atoms with Crippen molar-refractivity contribution < 1.29 is 28.7 Å². The van der Waals surface area contributed by atoms with Crippen molar-refractivity contribution >= 4 is 23.8 Å². The first-order valence-corrected chi connectivity index (χ1v) is 12.3. The van der Waals surface area contributed by atoms with Crippen molar-refractivity contribution in [3.05, 3.63) is 24.3 Å². The van der Waals surface area contributed by atoms with Crippen molar-refractivity contribution in [2.24, 2.45) is 0 Å². The molecule has 182 valence electrons. The second-order valence-corrected chi connectivity index (χ2v) is 9.23. The third-order valence-electron chi connectivity index (χ3n) is 6.62. The van der Waals surface area contributed by atoms with Gasteiger partial charge in [-0.05, 0) is 58.3 Å². The molecule has 1 aliphatic heterocycles. The van der Waals surface area contributed by atoms with Gasteiger partial charge in [0.15, 0.2) is 0 Å². The van der Waals surface area contributed by atoms with E-state index in [1.54, 1.807) is 9.80 Å². The summed E-state index contributed by atoms with van der Waals surface area (Å²) in [6.45, 7) is 2.92. The molecule has 2 saturated carbocycles. The third kappa shape index (κ3) is 8.02. The Balaban J connectivity index is 1.41. The molecular formula is C25H36N2O6. The van der Waals surface area contributed by atoms with Crippen molar-refractivity contribution in [3.63, 3.8) is 0 Å². The number of carbonyl (C=O) groups is 4. The van der Waals surface area contributed by atoms with Crippen molar-refractivity contribution in [1.82, 2.24) is 9.80 Å². The molecule has 8 nitrogen and oxygen atoms in total. The van der Waals surface area contributed by atoms with E-state index in [1.807, 2.05) is 6.92 Å². The molecular weight excluding hydrogens is 424 g/mol. The van der Waals surface area contributed by atoms with E-state index in [9.17, 15) is 19.2 Å². The van der Waals surface area contributed by atoms with Crippen LogP contribution in [0.5, 0.6) is 0 Å². The minimum Gasteiger partial charge on any atom is -0.459 e. The predicted octanol–water partition coefficient (Wildman–Crippen LogP) is 2.91. The Labute approximate surface area is 195 Å². The molecule has 0 spiro atoms. The van der Waals surface area contributed by atoms with Gasteiger partial charge in [0.2, 0.25) is 11.8 Å². The third-order valence-corrected chi connectivity index (χ3v) is 6.62. The molecule has 3 aliphatic rings. The van der Waals surface area contributed by atoms with Crippen LogP contribution in [0.4, 0.5) is 0 Å². The smallest absolute Gasteiger partial charge is 0.331 e. The van der Waals surface area contributed by atoms with Crippen LogP contribution in [0.15, 0.2) is 24.3 Å². The maximum Gasteiger partial charge on any atom is 0.331 e. The van der Waals surface area contributed by atoms with Crippen LogP contribution in [-0.2, 0) is 28.7 Å². The molecule has 0 aromatic rings. The second kappa shape index (κ2) is 12.6. The van der Waals surface area contributed by atoms with E-state index in [-0.39, 0.29) is 30.1 Å². The zero-order chi connectivity index (χ0) is 23.6. The van der Waals surface area contributed by atoms with Crippen LogP contribution in [0, 0.1) is 0 Å². The van der Waals surface area contributed by atoms with Gasteiger partial charge in [0.1, 0.15) is 12.2 Å². The number of ether oxygens (including phenoxy) is 2. The topological polar surface area (TPSA) is 93.2 Å². The number of rotatable bonds is 6. The second-order valence-electron chi connectivity index (χ2n) is 9.23. The van der Waals surface area contributed by atoms with Crippen LogP contribution in [0.2, 0.25) is 0 Å². The maximum atomic E-state index is 12.5. The van der Waals surface area contributed by atoms with Crippen LogP contribution in [0.3, 0.4) is 0 Å². The summed E-state index contributed by atoms with van der Waals surface area (Å²) in [6.07, 6.45) is 14.9. The molecule has 0 bridgehead atoms. The van der Waals surface area contributed by atoms with Crippen molar-refractivity contribution in [2.45, 2.75) is 89.4 Å². The van der Waals surface area contributed by atoms with E-state index in [2.05, 4.69) is 0 Å². The number of carbonyl (C=O) groups excluding carboxylic acids is 4. The van der Waals surface area contributed by atoms with Gasteiger partial charge in [-0.3, -0.25) is 9.59 Å². The number of hydrogen-bond acceptors (Lipinski definition) is 6. The monoisotopic (exact) mass is 460 g/mol. The summed E-state index contributed by atoms with van der Waals surface area (Å²) in [4.78, 5) is 52.2. The number of piperazine rings is 1. The molecule has 3 fully saturated rings. The van der Waals surface area contributed by atoms with Gasteiger partial charge in [-0.25, -0.2) is 9.59 Å². The Morgan fingerprint density at radius 2 is 1.15 bits per heavy atom. The molecule has 2 amide bonds. The van der Waals surface area contributed by atoms with E-state index in [0.717, 1.165) is 51.4 Å². The molecule has 2 aliphatic carbocycles. The van der Waals surface area contributed by atoms with Gasteiger partial charge in [0, 0.05) is 50.0 Å². The lowest BCUT2D eigenvalue weighted by molar-refractivity contribution is -0.145. The summed E-state index contributed by atoms with van der Waals surface area (Å²) in [5, 5.41) is 0. The summed E-state index contributed by atoms with van der Waals surface area (Å²) in [5.74, 6) is -1.52. The van der Waals surface area contributed by atoms with Gasteiger partial charge >= 0.3 is 11.9 Å². The normalized spacial score (nSPS) is 23.1. The van der Waals surface area contributed by atoms with Crippen LogP contribution in [0.1, 0.15) is 71.1 Å². The minimum absolute atomic E-state index is 0.0476. The minimum atomic E-state index is -0.484. The molecule has 8 heteroatoms. The van der Waals surface area contributed by atoms with Gasteiger partial charge in [-0.2, -0.15) is 0 Å². The Kier molecular flexibility index (Phi) is 9.51. The van der Waals surface area contributed by atoms with Crippen molar-refractivity contribution in [2.75, 3.05) is 19.6 Å². The van der Waals surface area contributed by atoms with Crippen molar-refractivity contribution in [3.8, 4) is 0 Å². The lowest BCUT2D eigenvalue weighted by Crippen LogP contribution is -2.54. The molecule has 0 radical (unpaired) electrons. The molecule has 3 rings (SSSR count). The van der Waals surface area contributed by atoms with E-state index < -0.39 is 11.9 Å². The fourth-order valence-corrected chi connectivity index (χ4v) is 4.74. The molecule has 1 atom stereocenters. The molecule has 0 unspecified atom stereocenters. The van der Waals surface area contributed by atoms with E-state index in [4.69, 9.17) is 9.47 Å².